The van der Waals surface area contributed by atoms with E-state index in [1.807, 2.05) is 0 Å². The quantitative estimate of drug-likeness (QED) is 0.674. The zero-order valence-corrected chi connectivity index (χ0v) is 17.4. The van der Waals surface area contributed by atoms with Gasteiger partial charge in [-0.15, -0.1) is 0 Å². The topological polar surface area (TPSA) is 89.8 Å². The third-order valence-corrected chi connectivity index (χ3v) is 4.29. The summed E-state index contributed by atoms with van der Waals surface area (Å²) >= 11 is 6.27. The molecule has 0 bridgehead atoms. The highest BCUT2D eigenvalue weighted by Gasteiger charge is 2.18. The summed E-state index contributed by atoms with van der Waals surface area (Å²) in [5.74, 6) is 1.27. The Hall–Kier alpha value is -2.67. The van der Waals surface area contributed by atoms with Crippen molar-refractivity contribution in [2.75, 3.05) is 13.7 Å². The summed E-state index contributed by atoms with van der Waals surface area (Å²) in [5, 5.41) is 0.251. The Balaban J connectivity index is 2.07. The number of furan rings is 1. The molecule has 1 aromatic carbocycles. The van der Waals surface area contributed by atoms with E-state index in [4.69, 9.17) is 25.5 Å². The second kappa shape index (κ2) is 9.50. The number of halogens is 1. The van der Waals surface area contributed by atoms with Gasteiger partial charge in [-0.05, 0) is 44.4 Å². The Morgan fingerprint density at radius 1 is 1.14 bits per heavy atom. The standard InChI is InChI=1S/C20H25ClN2O5/c1-11(2)6-7-27-18-16(21)9-14(10-17(18)26-5)19(24)22-23-20(25)15-8-12(3)28-13(15)4/h8-11H,6-7H2,1-5H3,(H,22,24)(H,23,25). The lowest BCUT2D eigenvalue weighted by atomic mass is 10.1. The molecule has 152 valence electrons. The van der Waals surface area contributed by atoms with E-state index in [2.05, 4.69) is 24.7 Å². The van der Waals surface area contributed by atoms with Crippen LogP contribution in [0.15, 0.2) is 22.6 Å². The molecule has 2 N–H and O–H groups in total. The van der Waals surface area contributed by atoms with Gasteiger partial charge in [0.2, 0.25) is 0 Å². The molecule has 0 unspecified atom stereocenters. The minimum atomic E-state index is -0.542. The number of methoxy groups -OCH3 is 1. The number of ether oxygens (including phenoxy) is 2. The van der Waals surface area contributed by atoms with Gasteiger partial charge in [0.25, 0.3) is 11.8 Å². The number of carbonyl (C=O) groups is 2. The molecule has 2 rings (SSSR count). The average Bonchev–Trinajstić information content (AvgIpc) is 2.98. The third-order valence-electron chi connectivity index (χ3n) is 4.01. The van der Waals surface area contributed by atoms with Crippen LogP contribution in [-0.4, -0.2) is 25.5 Å². The normalized spacial score (nSPS) is 10.7. The Morgan fingerprint density at radius 3 is 2.39 bits per heavy atom. The average molecular weight is 409 g/mol. The number of rotatable bonds is 7. The lowest BCUT2D eigenvalue weighted by molar-refractivity contribution is 0.0845. The number of hydrogen-bond acceptors (Lipinski definition) is 5. The van der Waals surface area contributed by atoms with E-state index >= 15 is 0 Å². The molecule has 0 spiro atoms. The SMILES string of the molecule is COc1cc(C(=O)NNC(=O)c2cc(C)oc2C)cc(Cl)c1OCCC(C)C. The number of amides is 2. The zero-order chi connectivity index (χ0) is 20.8. The first-order valence-electron chi connectivity index (χ1n) is 8.91. The van der Waals surface area contributed by atoms with Crippen LogP contribution in [0.25, 0.3) is 0 Å². The molecule has 1 aromatic heterocycles. The molecule has 0 radical (unpaired) electrons. The summed E-state index contributed by atoms with van der Waals surface area (Å²) in [4.78, 5) is 24.6. The molecule has 7 nitrogen and oxygen atoms in total. The maximum Gasteiger partial charge on any atom is 0.273 e. The molecule has 0 aliphatic heterocycles. The second-order valence-electron chi connectivity index (χ2n) is 6.76. The van der Waals surface area contributed by atoms with Crippen molar-refractivity contribution in [3.8, 4) is 11.5 Å². The van der Waals surface area contributed by atoms with Crippen molar-refractivity contribution in [2.24, 2.45) is 5.92 Å². The molecule has 2 amide bonds. The minimum absolute atomic E-state index is 0.221. The van der Waals surface area contributed by atoms with Crippen molar-refractivity contribution in [3.05, 3.63) is 45.9 Å². The molecular weight excluding hydrogens is 384 g/mol. The van der Waals surface area contributed by atoms with Gasteiger partial charge in [0.15, 0.2) is 11.5 Å². The first-order valence-corrected chi connectivity index (χ1v) is 9.28. The number of nitrogens with one attached hydrogen (secondary N) is 2. The molecule has 0 fully saturated rings. The lowest BCUT2D eigenvalue weighted by Crippen LogP contribution is -2.41. The van der Waals surface area contributed by atoms with E-state index in [1.165, 1.54) is 19.2 Å². The summed E-state index contributed by atoms with van der Waals surface area (Å²) in [6.45, 7) is 8.08. The van der Waals surface area contributed by atoms with Crippen molar-refractivity contribution >= 4 is 23.4 Å². The first-order chi connectivity index (χ1) is 13.2. The van der Waals surface area contributed by atoms with Crippen molar-refractivity contribution < 1.29 is 23.5 Å². The largest absolute Gasteiger partial charge is 0.493 e. The van der Waals surface area contributed by atoms with Crippen molar-refractivity contribution in [1.82, 2.24) is 10.9 Å². The monoisotopic (exact) mass is 408 g/mol. The Kier molecular flexibility index (Phi) is 7.34. The van der Waals surface area contributed by atoms with Crippen LogP contribution in [0.4, 0.5) is 0 Å². The van der Waals surface area contributed by atoms with E-state index in [-0.39, 0.29) is 10.6 Å². The van der Waals surface area contributed by atoms with E-state index < -0.39 is 11.8 Å². The minimum Gasteiger partial charge on any atom is -0.493 e. The fourth-order valence-corrected chi connectivity index (χ4v) is 2.76. The summed E-state index contributed by atoms with van der Waals surface area (Å²) in [6, 6.07) is 4.56. The Labute approximate surface area is 169 Å². The molecule has 1 heterocycles. The Bertz CT molecular complexity index is 861. The molecule has 0 atom stereocenters. The summed E-state index contributed by atoms with van der Waals surface area (Å²) in [6.07, 6.45) is 0.862. The molecule has 8 heteroatoms. The summed E-state index contributed by atoms with van der Waals surface area (Å²) in [5.41, 5.74) is 5.28. The van der Waals surface area contributed by atoms with Crippen LogP contribution in [0, 0.1) is 19.8 Å². The van der Waals surface area contributed by atoms with Gasteiger partial charge >= 0.3 is 0 Å². The molecule has 2 aromatic rings. The van der Waals surface area contributed by atoms with Crippen LogP contribution in [0.5, 0.6) is 11.5 Å². The molecule has 28 heavy (non-hydrogen) atoms. The number of hydrazine groups is 1. The fraction of sp³-hybridized carbons (Fsp3) is 0.400. The number of benzene rings is 1. The third kappa shape index (κ3) is 5.42. The lowest BCUT2D eigenvalue weighted by Gasteiger charge is -2.15. The van der Waals surface area contributed by atoms with Gasteiger partial charge in [-0.25, -0.2) is 0 Å². The number of aryl methyl sites for hydroxylation is 2. The molecule has 0 saturated heterocycles. The van der Waals surface area contributed by atoms with E-state index in [0.29, 0.717) is 41.1 Å². The zero-order valence-electron chi connectivity index (χ0n) is 16.6. The van der Waals surface area contributed by atoms with Crippen LogP contribution in [0.3, 0.4) is 0 Å². The molecular formula is C20H25ClN2O5. The predicted octanol–water partition coefficient (Wildman–Crippen LogP) is 4.06. The van der Waals surface area contributed by atoms with Crippen molar-refractivity contribution in [2.45, 2.75) is 34.1 Å². The summed E-state index contributed by atoms with van der Waals surface area (Å²) in [7, 11) is 1.47. The fourth-order valence-electron chi connectivity index (χ4n) is 2.50. The smallest absolute Gasteiger partial charge is 0.273 e. The van der Waals surface area contributed by atoms with Gasteiger partial charge < -0.3 is 13.9 Å². The number of carbonyl (C=O) groups excluding carboxylic acids is 2. The van der Waals surface area contributed by atoms with Crippen molar-refractivity contribution in [3.63, 3.8) is 0 Å². The second-order valence-corrected chi connectivity index (χ2v) is 7.16. The van der Waals surface area contributed by atoms with Crippen LogP contribution in [0.2, 0.25) is 5.02 Å². The van der Waals surface area contributed by atoms with Gasteiger partial charge in [-0.2, -0.15) is 0 Å². The highest BCUT2D eigenvalue weighted by Crippen LogP contribution is 2.36. The molecule has 0 saturated carbocycles. The van der Waals surface area contributed by atoms with Crippen LogP contribution >= 0.6 is 11.6 Å². The van der Waals surface area contributed by atoms with Crippen molar-refractivity contribution in [1.29, 1.82) is 0 Å². The maximum absolute atomic E-state index is 12.4. The van der Waals surface area contributed by atoms with E-state index in [1.54, 1.807) is 19.9 Å². The van der Waals surface area contributed by atoms with Gasteiger partial charge in [0.1, 0.15) is 11.5 Å². The predicted molar refractivity (Wildman–Crippen MR) is 106 cm³/mol. The van der Waals surface area contributed by atoms with E-state index in [0.717, 1.165) is 6.42 Å². The highest BCUT2D eigenvalue weighted by molar-refractivity contribution is 6.32. The van der Waals surface area contributed by atoms with Crippen LogP contribution in [-0.2, 0) is 0 Å². The van der Waals surface area contributed by atoms with Crippen LogP contribution < -0.4 is 20.3 Å². The first kappa shape index (κ1) is 21.6. The van der Waals surface area contributed by atoms with Gasteiger partial charge in [0.05, 0.1) is 24.3 Å². The Morgan fingerprint density at radius 2 is 1.82 bits per heavy atom. The number of hydrogen-bond donors (Lipinski definition) is 2. The van der Waals surface area contributed by atoms with E-state index in [9.17, 15) is 9.59 Å². The molecule has 0 aliphatic carbocycles. The summed E-state index contributed by atoms with van der Waals surface area (Å²) < 4.78 is 16.3. The highest BCUT2D eigenvalue weighted by atomic mass is 35.5. The maximum atomic E-state index is 12.4. The van der Waals surface area contributed by atoms with Gasteiger partial charge in [-0.1, -0.05) is 25.4 Å². The van der Waals surface area contributed by atoms with Crippen LogP contribution in [0.1, 0.15) is 52.5 Å². The molecule has 0 aliphatic rings. The van der Waals surface area contributed by atoms with Gasteiger partial charge in [-0.3, -0.25) is 20.4 Å². The van der Waals surface area contributed by atoms with Gasteiger partial charge in [0, 0.05) is 5.56 Å².